The minimum absolute atomic E-state index is 0.110. The molecule has 1 aliphatic rings. The summed E-state index contributed by atoms with van der Waals surface area (Å²) in [6.45, 7) is 2.01. The molecule has 16 heavy (non-hydrogen) atoms. The number of nitrogens with zero attached hydrogens (tertiary/aromatic N) is 1. The maximum absolute atomic E-state index is 12.0. The highest BCUT2D eigenvalue weighted by Gasteiger charge is 2.19. The number of ketones is 1. The molecule has 3 N–H and O–H groups in total. The van der Waals surface area contributed by atoms with E-state index >= 15 is 0 Å². The number of nitrogen functional groups attached to an aromatic ring is 1. The van der Waals surface area contributed by atoms with Crippen molar-refractivity contribution in [1.82, 2.24) is 10.3 Å². The van der Waals surface area contributed by atoms with Crippen LogP contribution in [0.25, 0.3) is 0 Å². The Kier molecular flexibility index (Phi) is 3.51. The molecule has 4 heteroatoms. The molecule has 1 aromatic rings. The summed E-state index contributed by atoms with van der Waals surface area (Å²) in [5.74, 6) is 0.899. The van der Waals surface area contributed by atoms with Crippen LogP contribution in [0.3, 0.4) is 0 Å². The fourth-order valence-electron chi connectivity index (χ4n) is 2.12. The van der Waals surface area contributed by atoms with Crippen molar-refractivity contribution < 1.29 is 4.79 Å². The average molecular weight is 219 g/mol. The number of nitrogens with one attached hydrogen (secondary N) is 1. The van der Waals surface area contributed by atoms with Gasteiger partial charge in [-0.15, -0.1) is 0 Å². The van der Waals surface area contributed by atoms with Gasteiger partial charge in [-0.25, -0.2) is 4.98 Å². The van der Waals surface area contributed by atoms with Crippen molar-refractivity contribution in [3.8, 4) is 0 Å². The second-order valence-electron chi connectivity index (χ2n) is 4.28. The first-order chi connectivity index (χ1) is 7.77. The number of nitrogens with two attached hydrogens (primary N) is 1. The molecule has 2 rings (SSSR count). The molecule has 0 radical (unpaired) electrons. The van der Waals surface area contributed by atoms with Crippen molar-refractivity contribution in [2.24, 2.45) is 5.92 Å². The van der Waals surface area contributed by atoms with Gasteiger partial charge < -0.3 is 11.1 Å². The molecule has 4 nitrogen and oxygen atoms in total. The second kappa shape index (κ2) is 5.07. The summed E-state index contributed by atoms with van der Waals surface area (Å²) in [6, 6.07) is 3.50. The predicted octanol–water partition coefficient (Wildman–Crippen LogP) is 1.24. The van der Waals surface area contributed by atoms with E-state index in [0.29, 0.717) is 23.7 Å². The highest BCUT2D eigenvalue weighted by Crippen LogP contribution is 2.18. The minimum Gasteiger partial charge on any atom is -0.383 e. The van der Waals surface area contributed by atoms with Crippen LogP contribution in [0.1, 0.15) is 29.6 Å². The molecule has 1 unspecified atom stereocenters. The summed E-state index contributed by atoms with van der Waals surface area (Å²) in [7, 11) is 0. The molecule has 1 fully saturated rings. The van der Waals surface area contributed by atoms with Gasteiger partial charge in [0.25, 0.3) is 0 Å². The lowest BCUT2D eigenvalue weighted by atomic mass is 9.92. The van der Waals surface area contributed by atoms with E-state index < -0.39 is 0 Å². The molecule has 2 heterocycles. The molecule has 0 saturated carbocycles. The van der Waals surface area contributed by atoms with Crippen LogP contribution in [0, 0.1) is 5.92 Å². The Labute approximate surface area is 95.3 Å². The fourth-order valence-corrected chi connectivity index (χ4v) is 2.12. The third-order valence-corrected chi connectivity index (χ3v) is 3.01. The molecule has 86 valence electrons. The summed E-state index contributed by atoms with van der Waals surface area (Å²) in [4.78, 5) is 15.9. The number of hydrogen-bond acceptors (Lipinski definition) is 4. The summed E-state index contributed by atoms with van der Waals surface area (Å²) in [5.41, 5.74) is 6.24. The maximum atomic E-state index is 12.0. The topological polar surface area (TPSA) is 68.0 Å². The average Bonchev–Trinajstić information content (AvgIpc) is 2.31. The van der Waals surface area contributed by atoms with Crippen LogP contribution in [-0.4, -0.2) is 23.9 Å². The number of carbonyl (C=O) groups excluding carboxylic acids is 1. The number of pyridine rings is 1. The van der Waals surface area contributed by atoms with E-state index in [-0.39, 0.29) is 5.78 Å². The number of carbonyl (C=O) groups is 1. The Balaban J connectivity index is 2.00. The standard InChI is InChI=1S/C12H17N3O/c13-12-10(4-2-6-15-12)11(16)7-9-3-1-5-14-8-9/h2,4,6,9,14H,1,3,5,7-8H2,(H2,13,15). The van der Waals surface area contributed by atoms with Gasteiger partial charge in [-0.2, -0.15) is 0 Å². The highest BCUT2D eigenvalue weighted by atomic mass is 16.1. The largest absolute Gasteiger partial charge is 0.383 e. The highest BCUT2D eigenvalue weighted by molar-refractivity contribution is 6.00. The molecule has 1 aromatic heterocycles. The first kappa shape index (κ1) is 11.1. The second-order valence-corrected chi connectivity index (χ2v) is 4.28. The van der Waals surface area contributed by atoms with Crippen LogP contribution in [0.5, 0.6) is 0 Å². The summed E-state index contributed by atoms with van der Waals surface area (Å²) in [5, 5.41) is 3.31. The SMILES string of the molecule is Nc1ncccc1C(=O)CC1CCCNC1. The lowest BCUT2D eigenvalue weighted by Gasteiger charge is -2.22. The number of hydrogen-bond donors (Lipinski definition) is 2. The molecular weight excluding hydrogens is 202 g/mol. The Hall–Kier alpha value is -1.42. The van der Waals surface area contributed by atoms with Crippen molar-refractivity contribution >= 4 is 11.6 Å². The molecule has 0 amide bonds. The van der Waals surface area contributed by atoms with Gasteiger partial charge in [0, 0.05) is 12.6 Å². The van der Waals surface area contributed by atoms with Gasteiger partial charge in [0.2, 0.25) is 0 Å². The molecule has 0 spiro atoms. The van der Waals surface area contributed by atoms with Crippen LogP contribution in [-0.2, 0) is 0 Å². The van der Waals surface area contributed by atoms with Gasteiger partial charge in [-0.05, 0) is 44.0 Å². The number of anilines is 1. The zero-order valence-electron chi connectivity index (χ0n) is 9.28. The van der Waals surface area contributed by atoms with E-state index in [1.165, 1.54) is 0 Å². The van der Waals surface area contributed by atoms with Gasteiger partial charge in [0.15, 0.2) is 5.78 Å². The number of aromatic nitrogens is 1. The predicted molar refractivity (Wildman–Crippen MR) is 63.2 cm³/mol. The van der Waals surface area contributed by atoms with Crippen LogP contribution in [0.4, 0.5) is 5.82 Å². The van der Waals surface area contributed by atoms with Crippen LogP contribution >= 0.6 is 0 Å². The van der Waals surface area contributed by atoms with E-state index in [1.54, 1.807) is 18.3 Å². The first-order valence-corrected chi connectivity index (χ1v) is 5.72. The van der Waals surface area contributed by atoms with E-state index in [0.717, 1.165) is 25.9 Å². The zero-order valence-corrected chi connectivity index (χ0v) is 9.28. The zero-order chi connectivity index (χ0) is 11.4. The first-order valence-electron chi connectivity index (χ1n) is 5.72. The fraction of sp³-hybridized carbons (Fsp3) is 0.500. The van der Waals surface area contributed by atoms with Crippen molar-refractivity contribution in [3.05, 3.63) is 23.9 Å². The lowest BCUT2D eigenvalue weighted by molar-refractivity contribution is 0.0954. The van der Waals surface area contributed by atoms with Crippen molar-refractivity contribution in [2.45, 2.75) is 19.3 Å². The Morgan fingerprint density at radius 3 is 3.19 bits per heavy atom. The summed E-state index contributed by atoms with van der Waals surface area (Å²) >= 11 is 0. The van der Waals surface area contributed by atoms with Crippen LogP contribution in [0.2, 0.25) is 0 Å². The lowest BCUT2D eigenvalue weighted by Crippen LogP contribution is -2.31. The van der Waals surface area contributed by atoms with Crippen molar-refractivity contribution in [3.63, 3.8) is 0 Å². The third kappa shape index (κ3) is 2.58. The van der Waals surface area contributed by atoms with Crippen molar-refractivity contribution in [1.29, 1.82) is 0 Å². The third-order valence-electron chi connectivity index (χ3n) is 3.01. The van der Waals surface area contributed by atoms with Gasteiger partial charge in [-0.3, -0.25) is 4.79 Å². The monoisotopic (exact) mass is 219 g/mol. The van der Waals surface area contributed by atoms with Gasteiger partial charge in [0.05, 0.1) is 5.56 Å². The van der Waals surface area contributed by atoms with E-state index in [2.05, 4.69) is 10.3 Å². The Morgan fingerprint density at radius 1 is 1.62 bits per heavy atom. The Bertz CT molecular complexity index is 372. The smallest absolute Gasteiger partial charge is 0.166 e. The van der Waals surface area contributed by atoms with Crippen LogP contribution < -0.4 is 11.1 Å². The van der Waals surface area contributed by atoms with Crippen molar-refractivity contribution in [2.75, 3.05) is 18.8 Å². The minimum atomic E-state index is 0.110. The molecule has 0 aliphatic carbocycles. The van der Waals surface area contributed by atoms with E-state index in [9.17, 15) is 4.79 Å². The Morgan fingerprint density at radius 2 is 2.50 bits per heavy atom. The summed E-state index contributed by atoms with van der Waals surface area (Å²) < 4.78 is 0. The van der Waals surface area contributed by atoms with E-state index in [4.69, 9.17) is 5.73 Å². The summed E-state index contributed by atoms with van der Waals surface area (Å²) in [6.07, 6.45) is 4.45. The van der Waals surface area contributed by atoms with Crippen LogP contribution in [0.15, 0.2) is 18.3 Å². The normalized spacial score (nSPS) is 20.6. The molecule has 0 aromatic carbocycles. The van der Waals surface area contributed by atoms with E-state index in [1.807, 2.05) is 0 Å². The molecular formula is C12H17N3O. The number of Topliss-reactive ketones (excluding diaryl/α,β-unsaturated/α-hetero) is 1. The maximum Gasteiger partial charge on any atom is 0.166 e. The van der Waals surface area contributed by atoms with Gasteiger partial charge >= 0.3 is 0 Å². The number of rotatable bonds is 3. The quantitative estimate of drug-likeness (QED) is 0.750. The number of piperidine rings is 1. The molecule has 0 bridgehead atoms. The van der Waals surface area contributed by atoms with Gasteiger partial charge in [-0.1, -0.05) is 0 Å². The molecule has 1 saturated heterocycles. The molecule has 1 aliphatic heterocycles. The molecule has 1 atom stereocenters. The van der Waals surface area contributed by atoms with Gasteiger partial charge in [0.1, 0.15) is 5.82 Å².